The highest BCUT2D eigenvalue weighted by Gasteiger charge is 2.12. The second-order valence-corrected chi connectivity index (χ2v) is 6.36. The predicted octanol–water partition coefficient (Wildman–Crippen LogP) is 4.90. The molecule has 0 bridgehead atoms. The second-order valence-electron chi connectivity index (χ2n) is 4.65. The fraction of sp³-hybridized carbons (Fsp3) is 0.0588. The van der Waals surface area contributed by atoms with Crippen molar-refractivity contribution < 1.29 is 13.9 Å². The molecule has 0 radical (unpaired) electrons. The Hall–Kier alpha value is -2.17. The van der Waals surface area contributed by atoms with Crippen LogP contribution < -0.4 is 10.1 Å². The number of nitrogens with one attached hydrogen (secondary N) is 1. The van der Waals surface area contributed by atoms with Crippen molar-refractivity contribution in [2.75, 3.05) is 12.4 Å². The van der Waals surface area contributed by atoms with Crippen molar-refractivity contribution in [1.29, 1.82) is 5.26 Å². The molecule has 0 atom stereocenters. The van der Waals surface area contributed by atoms with Crippen LogP contribution in [0.3, 0.4) is 0 Å². The van der Waals surface area contributed by atoms with Crippen molar-refractivity contribution in [3.63, 3.8) is 0 Å². The number of hydrogen-bond donors (Lipinski definition) is 1. The lowest BCUT2D eigenvalue weighted by Crippen LogP contribution is -2.13. The number of ether oxygens (including phenoxy) is 1. The van der Waals surface area contributed by atoms with Crippen molar-refractivity contribution >= 4 is 49.5 Å². The Kier molecular flexibility index (Phi) is 6.12. The number of nitriles is 1. The molecule has 0 heterocycles. The van der Waals surface area contributed by atoms with Crippen LogP contribution in [-0.2, 0) is 4.79 Å². The topological polar surface area (TPSA) is 62.1 Å². The van der Waals surface area contributed by atoms with Crippen LogP contribution in [0.25, 0.3) is 6.08 Å². The van der Waals surface area contributed by atoms with Gasteiger partial charge < -0.3 is 10.1 Å². The van der Waals surface area contributed by atoms with Crippen molar-refractivity contribution in [2.24, 2.45) is 0 Å². The van der Waals surface area contributed by atoms with E-state index in [4.69, 9.17) is 4.74 Å². The third kappa shape index (κ3) is 4.43. The minimum absolute atomic E-state index is 0.0803. The highest BCUT2D eigenvalue weighted by atomic mass is 79.9. The van der Waals surface area contributed by atoms with Gasteiger partial charge in [0.1, 0.15) is 23.2 Å². The van der Waals surface area contributed by atoms with Crippen molar-refractivity contribution in [2.45, 2.75) is 0 Å². The molecular weight excluding hydrogens is 443 g/mol. The van der Waals surface area contributed by atoms with Gasteiger partial charge in [-0.05, 0) is 79.9 Å². The molecule has 0 fully saturated rings. The fourth-order valence-corrected chi connectivity index (χ4v) is 3.45. The lowest BCUT2D eigenvalue weighted by atomic mass is 10.1. The molecule has 1 amide bonds. The number of amides is 1. The van der Waals surface area contributed by atoms with E-state index in [1.165, 1.54) is 37.5 Å². The highest BCUT2D eigenvalue weighted by Crippen LogP contribution is 2.35. The van der Waals surface area contributed by atoms with Gasteiger partial charge in [-0.3, -0.25) is 4.79 Å². The van der Waals surface area contributed by atoms with Gasteiger partial charge in [-0.1, -0.05) is 0 Å². The number of rotatable bonds is 4. The van der Waals surface area contributed by atoms with Gasteiger partial charge in [-0.15, -0.1) is 0 Å². The largest absolute Gasteiger partial charge is 0.494 e. The molecule has 2 rings (SSSR count). The van der Waals surface area contributed by atoms with Gasteiger partial charge in [0.05, 0.1) is 16.1 Å². The lowest BCUT2D eigenvalue weighted by molar-refractivity contribution is -0.112. The van der Waals surface area contributed by atoms with Gasteiger partial charge in [0.2, 0.25) is 0 Å². The van der Waals surface area contributed by atoms with E-state index in [1.807, 2.05) is 6.07 Å². The summed E-state index contributed by atoms with van der Waals surface area (Å²) >= 11 is 6.73. The van der Waals surface area contributed by atoms with Crippen molar-refractivity contribution in [1.82, 2.24) is 0 Å². The summed E-state index contributed by atoms with van der Waals surface area (Å²) in [5.41, 5.74) is 0.961. The zero-order chi connectivity index (χ0) is 17.7. The number of hydrogen-bond acceptors (Lipinski definition) is 3. The van der Waals surface area contributed by atoms with E-state index in [2.05, 4.69) is 37.2 Å². The maximum atomic E-state index is 12.9. The van der Waals surface area contributed by atoms with E-state index >= 15 is 0 Å². The first-order chi connectivity index (χ1) is 11.4. The Balaban J connectivity index is 2.27. The second kappa shape index (κ2) is 8.08. The summed E-state index contributed by atoms with van der Waals surface area (Å²) in [4.78, 5) is 12.2. The normalized spacial score (nSPS) is 10.9. The monoisotopic (exact) mass is 452 g/mol. The first kappa shape index (κ1) is 18.2. The zero-order valence-electron chi connectivity index (χ0n) is 12.4. The van der Waals surface area contributed by atoms with E-state index in [0.29, 0.717) is 25.9 Å². The summed E-state index contributed by atoms with van der Waals surface area (Å²) in [6.07, 6.45) is 1.45. The van der Waals surface area contributed by atoms with E-state index < -0.39 is 11.7 Å². The number of carbonyl (C=O) groups is 1. The van der Waals surface area contributed by atoms with Gasteiger partial charge in [0.15, 0.2) is 0 Å². The molecular formula is C17H11Br2FN2O2. The van der Waals surface area contributed by atoms with Crippen LogP contribution in [-0.4, -0.2) is 13.0 Å². The van der Waals surface area contributed by atoms with Crippen LogP contribution in [0.5, 0.6) is 5.75 Å². The van der Waals surface area contributed by atoms with Crippen LogP contribution in [0.4, 0.5) is 10.1 Å². The van der Waals surface area contributed by atoms with Gasteiger partial charge in [0, 0.05) is 5.69 Å². The third-order valence-electron chi connectivity index (χ3n) is 3.00. The molecule has 2 aromatic rings. The molecule has 0 aliphatic carbocycles. The Morgan fingerprint density at radius 1 is 1.25 bits per heavy atom. The van der Waals surface area contributed by atoms with Crippen LogP contribution in [0, 0.1) is 17.1 Å². The zero-order valence-corrected chi connectivity index (χ0v) is 15.6. The van der Waals surface area contributed by atoms with E-state index in [0.717, 1.165) is 0 Å². The maximum Gasteiger partial charge on any atom is 0.266 e. The summed E-state index contributed by atoms with van der Waals surface area (Å²) in [5, 5.41) is 11.8. The van der Waals surface area contributed by atoms with Crippen molar-refractivity contribution in [3.8, 4) is 11.8 Å². The predicted molar refractivity (Wildman–Crippen MR) is 97.0 cm³/mol. The van der Waals surface area contributed by atoms with Crippen molar-refractivity contribution in [3.05, 3.63) is 62.3 Å². The fourth-order valence-electron chi connectivity index (χ4n) is 1.90. The first-order valence-electron chi connectivity index (χ1n) is 6.66. The van der Waals surface area contributed by atoms with Gasteiger partial charge in [-0.25, -0.2) is 4.39 Å². The summed E-state index contributed by atoms with van der Waals surface area (Å²) in [7, 11) is 1.54. The number of carbonyl (C=O) groups excluding carboxylic acids is 1. The molecule has 0 spiro atoms. The minimum atomic E-state index is -0.577. The average Bonchev–Trinajstić information content (AvgIpc) is 2.54. The molecule has 0 aliphatic heterocycles. The molecule has 0 saturated carbocycles. The quantitative estimate of drug-likeness (QED) is 0.528. The van der Waals surface area contributed by atoms with Crippen LogP contribution in [0.15, 0.2) is 50.9 Å². The Morgan fingerprint density at radius 2 is 1.83 bits per heavy atom. The average molecular weight is 454 g/mol. The van der Waals surface area contributed by atoms with Crippen LogP contribution >= 0.6 is 31.9 Å². The number of methoxy groups -OCH3 is 1. The molecule has 1 N–H and O–H groups in total. The van der Waals surface area contributed by atoms with E-state index in [9.17, 15) is 14.4 Å². The van der Waals surface area contributed by atoms with Crippen LogP contribution in [0.1, 0.15) is 5.56 Å². The van der Waals surface area contributed by atoms with Gasteiger partial charge in [-0.2, -0.15) is 5.26 Å². The highest BCUT2D eigenvalue weighted by molar-refractivity contribution is 9.11. The number of nitrogens with zero attached hydrogens (tertiary/aromatic N) is 1. The molecule has 2 aromatic carbocycles. The molecule has 0 aliphatic rings. The summed E-state index contributed by atoms with van der Waals surface area (Å²) in [5.74, 6) is -0.370. The molecule has 24 heavy (non-hydrogen) atoms. The van der Waals surface area contributed by atoms with Gasteiger partial charge >= 0.3 is 0 Å². The number of halogens is 3. The summed E-state index contributed by atoms with van der Waals surface area (Å²) in [6.45, 7) is 0. The first-order valence-corrected chi connectivity index (χ1v) is 8.25. The van der Waals surface area contributed by atoms with Crippen LogP contribution in [0.2, 0.25) is 0 Å². The maximum absolute atomic E-state index is 12.9. The Labute approximate surface area is 155 Å². The minimum Gasteiger partial charge on any atom is -0.494 e. The standard InChI is InChI=1S/C17H11Br2FN2O2/c1-24-16-14(18)7-10(8-15(16)19)6-11(9-21)17(23)22-13-4-2-12(20)3-5-13/h2-8H,1H3,(H,22,23)/b11-6+. The van der Waals surface area contributed by atoms with E-state index in [-0.39, 0.29) is 5.57 Å². The molecule has 0 saturated heterocycles. The number of benzene rings is 2. The lowest BCUT2D eigenvalue weighted by Gasteiger charge is -2.08. The molecule has 7 heteroatoms. The Morgan fingerprint density at radius 3 is 2.33 bits per heavy atom. The summed E-state index contributed by atoms with van der Waals surface area (Å²) < 4.78 is 19.5. The Bertz CT molecular complexity index is 820. The smallest absolute Gasteiger partial charge is 0.266 e. The summed E-state index contributed by atoms with van der Waals surface area (Å²) in [6, 6.07) is 10.6. The molecule has 0 unspecified atom stereocenters. The molecule has 0 aromatic heterocycles. The third-order valence-corrected chi connectivity index (χ3v) is 4.18. The van der Waals surface area contributed by atoms with Gasteiger partial charge in [0.25, 0.3) is 5.91 Å². The SMILES string of the molecule is COc1c(Br)cc(/C=C(\C#N)C(=O)Nc2ccc(F)cc2)cc1Br. The number of anilines is 1. The molecule has 122 valence electrons. The van der Waals surface area contributed by atoms with E-state index in [1.54, 1.807) is 12.1 Å². The molecule has 4 nitrogen and oxygen atoms in total.